The van der Waals surface area contributed by atoms with E-state index in [1.165, 1.54) is 44.1 Å². The third-order valence-corrected chi connectivity index (χ3v) is 8.80. The Morgan fingerprint density at radius 3 is 2.68 bits per heavy atom. The number of ketones is 2. The first-order valence-electron chi connectivity index (χ1n) is 14.1. The van der Waals surface area contributed by atoms with Gasteiger partial charge in [0.05, 0.1) is 18.5 Å². The van der Waals surface area contributed by atoms with Crippen LogP contribution in [0.3, 0.4) is 0 Å². The molecule has 2 heterocycles. The second kappa shape index (κ2) is 10.4. The summed E-state index contributed by atoms with van der Waals surface area (Å²) in [5.74, 6) is 1.20. The van der Waals surface area contributed by atoms with Crippen LogP contribution in [0.2, 0.25) is 0 Å². The van der Waals surface area contributed by atoms with Crippen LogP contribution in [0.15, 0.2) is 46.9 Å². The van der Waals surface area contributed by atoms with Crippen LogP contribution in [0, 0.1) is 11.8 Å². The second-order valence-corrected chi connectivity index (χ2v) is 11.3. The molecule has 0 radical (unpaired) electrons. The minimum Gasteiger partial charge on any atom is -0.485 e. The quantitative estimate of drug-likeness (QED) is 0.341. The van der Waals surface area contributed by atoms with Crippen LogP contribution in [0.4, 0.5) is 0 Å². The van der Waals surface area contributed by atoms with Crippen molar-refractivity contribution >= 4 is 28.4 Å². The third-order valence-electron chi connectivity index (χ3n) is 8.80. The number of aryl methyl sites for hydroxylation is 1. The smallest absolute Gasteiger partial charge is 0.255 e. The number of carbonyl (C=O) groups is 3. The molecule has 0 N–H and O–H groups in total. The molecular weight excluding hydrogens is 478 g/mol. The average Bonchev–Trinajstić information content (AvgIpc) is 3.50. The molecule has 3 aliphatic rings. The molecule has 198 valence electrons. The minimum absolute atomic E-state index is 0.0402. The predicted octanol–water partition coefficient (Wildman–Crippen LogP) is 6.42. The highest BCUT2D eigenvalue weighted by Crippen LogP contribution is 2.36. The zero-order chi connectivity index (χ0) is 26.2. The Bertz CT molecular complexity index is 1380. The molecule has 1 aliphatic heterocycles. The summed E-state index contributed by atoms with van der Waals surface area (Å²) >= 11 is 0. The van der Waals surface area contributed by atoms with Gasteiger partial charge in [0.1, 0.15) is 29.5 Å². The summed E-state index contributed by atoms with van der Waals surface area (Å²) in [5, 5.41) is 1.09. The lowest BCUT2D eigenvalue weighted by Crippen LogP contribution is -2.48. The van der Waals surface area contributed by atoms with Crippen molar-refractivity contribution in [2.45, 2.75) is 83.9 Å². The maximum absolute atomic E-state index is 13.2. The van der Waals surface area contributed by atoms with Gasteiger partial charge >= 0.3 is 0 Å². The van der Waals surface area contributed by atoms with Crippen LogP contribution in [0.25, 0.3) is 11.0 Å². The monoisotopic (exact) mass is 513 g/mol. The summed E-state index contributed by atoms with van der Waals surface area (Å²) in [6.07, 6.45) is 9.98. The van der Waals surface area contributed by atoms with E-state index in [1.54, 1.807) is 17.9 Å². The van der Waals surface area contributed by atoms with Crippen molar-refractivity contribution in [1.29, 1.82) is 0 Å². The molecule has 2 saturated carbocycles. The van der Waals surface area contributed by atoms with Gasteiger partial charge in [-0.1, -0.05) is 44.2 Å². The molecule has 2 aromatic carbocycles. The Hall–Kier alpha value is -3.41. The van der Waals surface area contributed by atoms with E-state index in [1.807, 2.05) is 18.2 Å². The Kier molecular flexibility index (Phi) is 6.81. The number of fused-ring (bicyclic) bond motifs is 2. The Morgan fingerprint density at radius 2 is 1.84 bits per heavy atom. The van der Waals surface area contributed by atoms with Crippen LogP contribution >= 0.6 is 0 Å². The zero-order valence-electron chi connectivity index (χ0n) is 22.0. The summed E-state index contributed by atoms with van der Waals surface area (Å²) in [5.41, 5.74) is 3.55. The lowest BCUT2D eigenvalue weighted by Gasteiger charge is -2.31. The molecule has 6 nitrogen and oxygen atoms in total. The first-order chi connectivity index (χ1) is 18.5. The highest BCUT2D eigenvalue weighted by Gasteiger charge is 2.42. The van der Waals surface area contributed by atoms with Crippen molar-refractivity contribution in [2.75, 3.05) is 0 Å². The van der Waals surface area contributed by atoms with Crippen molar-refractivity contribution in [3.8, 4) is 5.75 Å². The van der Waals surface area contributed by atoms with E-state index in [9.17, 15) is 14.4 Å². The van der Waals surface area contributed by atoms with Crippen LogP contribution in [-0.4, -0.2) is 28.4 Å². The molecule has 2 unspecified atom stereocenters. The molecule has 0 bridgehead atoms. The molecule has 2 fully saturated rings. The van der Waals surface area contributed by atoms with Gasteiger partial charge in [-0.15, -0.1) is 0 Å². The fourth-order valence-corrected chi connectivity index (χ4v) is 6.48. The Morgan fingerprint density at radius 1 is 1.00 bits per heavy atom. The summed E-state index contributed by atoms with van der Waals surface area (Å²) in [4.78, 5) is 39.5. The fourth-order valence-electron chi connectivity index (χ4n) is 6.48. The normalized spacial score (nSPS) is 22.3. The van der Waals surface area contributed by atoms with Gasteiger partial charge in [-0.2, -0.15) is 0 Å². The third kappa shape index (κ3) is 4.77. The molecule has 6 rings (SSSR count). The van der Waals surface area contributed by atoms with Gasteiger partial charge in [-0.3, -0.25) is 14.4 Å². The van der Waals surface area contributed by atoms with Crippen LogP contribution in [0.1, 0.15) is 85.5 Å². The summed E-state index contributed by atoms with van der Waals surface area (Å²) in [7, 11) is 0. The summed E-state index contributed by atoms with van der Waals surface area (Å²) in [6, 6.07) is 13.4. The largest absolute Gasteiger partial charge is 0.485 e. The molecule has 0 saturated heterocycles. The summed E-state index contributed by atoms with van der Waals surface area (Å²) in [6.45, 7) is 2.21. The number of nitrogens with zero attached hydrogens (tertiary/aromatic N) is 1. The maximum Gasteiger partial charge on any atom is 0.255 e. The predicted molar refractivity (Wildman–Crippen MR) is 144 cm³/mol. The lowest BCUT2D eigenvalue weighted by molar-refractivity contribution is -0.138. The zero-order valence-corrected chi connectivity index (χ0v) is 22.0. The highest BCUT2D eigenvalue weighted by molar-refractivity contribution is 6.09. The number of benzene rings is 2. The van der Waals surface area contributed by atoms with Crippen molar-refractivity contribution < 1.29 is 23.5 Å². The van der Waals surface area contributed by atoms with Gasteiger partial charge < -0.3 is 14.1 Å². The van der Waals surface area contributed by atoms with E-state index in [0.717, 1.165) is 34.6 Å². The molecule has 1 amide bonds. The fraction of sp³-hybridized carbons (Fsp3) is 0.469. The van der Waals surface area contributed by atoms with E-state index in [4.69, 9.17) is 9.15 Å². The number of rotatable bonds is 7. The van der Waals surface area contributed by atoms with Crippen molar-refractivity contribution in [3.63, 3.8) is 0 Å². The number of hydrogen-bond acceptors (Lipinski definition) is 5. The molecule has 2 atom stereocenters. The topological polar surface area (TPSA) is 76.8 Å². The summed E-state index contributed by atoms with van der Waals surface area (Å²) < 4.78 is 12.2. The van der Waals surface area contributed by atoms with Crippen molar-refractivity contribution in [1.82, 2.24) is 4.90 Å². The first kappa shape index (κ1) is 24.9. The number of Topliss-reactive ketones (excluding diaryl/α,β-unsaturated/α-hetero) is 2. The molecular formula is C32H35NO5. The standard InChI is InChI=1S/C32H35NO5/c1-20-28(34)14-13-27(31(20)35)33-18-26-25(32(33)36)8-5-9-30(26)37-19-24-17-23-16-22(12-15-29(23)38-24)11-10-21-6-3-2-4-7-21/h5,8-9,12,15-17,20-21,27H,2-4,6-7,10-11,13-14,18-19H2,1H3. The number of carbonyl (C=O) groups excluding carboxylic acids is 3. The van der Waals surface area contributed by atoms with E-state index in [2.05, 4.69) is 18.2 Å². The van der Waals surface area contributed by atoms with E-state index in [-0.39, 0.29) is 24.1 Å². The van der Waals surface area contributed by atoms with Gasteiger partial charge in [-0.05, 0) is 68.0 Å². The van der Waals surface area contributed by atoms with Gasteiger partial charge in [0.25, 0.3) is 5.91 Å². The van der Waals surface area contributed by atoms with E-state index in [0.29, 0.717) is 30.7 Å². The van der Waals surface area contributed by atoms with Gasteiger partial charge in [0.2, 0.25) is 0 Å². The maximum atomic E-state index is 13.2. The van der Waals surface area contributed by atoms with Crippen LogP contribution < -0.4 is 4.74 Å². The van der Waals surface area contributed by atoms with Crippen molar-refractivity contribution in [2.24, 2.45) is 11.8 Å². The number of amides is 1. The second-order valence-electron chi connectivity index (χ2n) is 11.3. The van der Waals surface area contributed by atoms with Gasteiger partial charge in [0.15, 0.2) is 5.78 Å². The number of hydrogen-bond donors (Lipinski definition) is 0. The molecule has 0 spiro atoms. The van der Waals surface area contributed by atoms with E-state index < -0.39 is 12.0 Å². The molecule has 3 aromatic rings. The van der Waals surface area contributed by atoms with Gasteiger partial charge in [-0.25, -0.2) is 0 Å². The van der Waals surface area contributed by atoms with Crippen LogP contribution in [-0.2, 0) is 29.2 Å². The van der Waals surface area contributed by atoms with E-state index >= 15 is 0 Å². The Labute approximate surface area is 223 Å². The SMILES string of the molecule is CC1C(=O)CCC(N2Cc3c(OCc4cc5cc(CCC6CCCCC6)ccc5o4)cccc3C2=O)C1=O. The number of ether oxygens (including phenoxy) is 1. The molecule has 6 heteroatoms. The van der Waals surface area contributed by atoms with Crippen LogP contribution in [0.5, 0.6) is 5.75 Å². The van der Waals surface area contributed by atoms with Gasteiger partial charge in [0, 0.05) is 22.9 Å². The Balaban J connectivity index is 1.12. The van der Waals surface area contributed by atoms with Crippen molar-refractivity contribution in [3.05, 3.63) is 64.9 Å². The highest BCUT2D eigenvalue weighted by atomic mass is 16.5. The number of furan rings is 1. The lowest BCUT2D eigenvalue weighted by atomic mass is 9.84. The molecule has 1 aromatic heterocycles. The molecule has 38 heavy (non-hydrogen) atoms. The average molecular weight is 514 g/mol. The first-order valence-corrected chi connectivity index (χ1v) is 14.1. The minimum atomic E-state index is -0.651. The molecule has 2 aliphatic carbocycles.